The fourth-order valence-corrected chi connectivity index (χ4v) is 2.85. The van der Waals surface area contributed by atoms with Crippen LogP contribution < -0.4 is 5.32 Å². The summed E-state index contributed by atoms with van der Waals surface area (Å²) in [5, 5.41) is 7.04. The Kier molecular flexibility index (Phi) is 3.70. The van der Waals surface area contributed by atoms with Crippen LogP contribution in [-0.2, 0) is 0 Å². The van der Waals surface area contributed by atoms with E-state index < -0.39 is 0 Å². The van der Waals surface area contributed by atoms with E-state index in [4.69, 9.17) is 0 Å². The SMILES string of the molecule is O=C(Nc1ccc(-n2cccn2)nc1)N1CCC1c1ccccc1. The third-order valence-electron chi connectivity index (χ3n) is 4.20. The zero-order valence-electron chi connectivity index (χ0n) is 13.0. The van der Waals surface area contributed by atoms with Crippen LogP contribution >= 0.6 is 0 Å². The lowest BCUT2D eigenvalue weighted by molar-refractivity contribution is 0.126. The zero-order chi connectivity index (χ0) is 16.4. The lowest BCUT2D eigenvalue weighted by Gasteiger charge is -2.41. The minimum absolute atomic E-state index is 0.0938. The molecule has 1 aromatic carbocycles. The normalized spacial score (nSPS) is 16.5. The lowest BCUT2D eigenvalue weighted by Crippen LogP contribution is -2.47. The topological polar surface area (TPSA) is 63.1 Å². The monoisotopic (exact) mass is 319 g/mol. The first-order valence-electron chi connectivity index (χ1n) is 7.90. The molecule has 24 heavy (non-hydrogen) atoms. The van der Waals surface area contributed by atoms with E-state index in [1.807, 2.05) is 47.5 Å². The smallest absolute Gasteiger partial charge is 0.317 e. The molecule has 1 fully saturated rings. The Morgan fingerprint density at radius 3 is 2.62 bits per heavy atom. The summed E-state index contributed by atoms with van der Waals surface area (Å²) in [6, 6.07) is 15.7. The van der Waals surface area contributed by atoms with Crippen LogP contribution in [0.4, 0.5) is 10.5 Å². The molecule has 6 nitrogen and oxygen atoms in total. The summed E-state index contributed by atoms with van der Waals surface area (Å²) in [5.41, 5.74) is 1.85. The van der Waals surface area contributed by atoms with Gasteiger partial charge in [0.2, 0.25) is 0 Å². The Morgan fingerprint density at radius 1 is 1.12 bits per heavy atom. The van der Waals surface area contributed by atoms with Crippen molar-refractivity contribution in [3.8, 4) is 5.82 Å². The number of rotatable bonds is 3. The van der Waals surface area contributed by atoms with Crippen molar-refractivity contribution in [3.63, 3.8) is 0 Å². The Morgan fingerprint density at radius 2 is 2.00 bits per heavy atom. The maximum absolute atomic E-state index is 12.5. The Labute approximate surface area is 139 Å². The number of nitrogens with one attached hydrogen (secondary N) is 1. The van der Waals surface area contributed by atoms with Gasteiger partial charge >= 0.3 is 6.03 Å². The first kappa shape index (κ1) is 14.4. The molecule has 1 aliphatic rings. The number of urea groups is 1. The van der Waals surface area contributed by atoms with Gasteiger partial charge in [0.25, 0.3) is 0 Å². The van der Waals surface area contributed by atoms with Crippen molar-refractivity contribution in [1.29, 1.82) is 0 Å². The fourth-order valence-electron chi connectivity index (χ4n) is 2.85. The number of carbonyl (C=O) groups is 1. The molecule has 3 heterocycles. The summed E-state index contributed by atoms with van der Waals surface area (Å²) in [4.78, 5) is 18.6. The highest BCUT2D eigenvalue weighted by atomic mass is 16.2. The zero-order valence-corrected chi connectivity index (χ0v) is 13.0. The molecule has 1 atom stereocenters. The molecule has 0 radical (unpaired) electrons. The van der Waals surface area contributed by atoms with Gasteiger partial charge in [0.15, 0.2) is 5.82 Å². The van der Waals surface area contributed by atoms with E-state index in [2.05, 4.69) is 27.5 Å². The predicted molar refractivity (Wildman–Crippen MR) is 90.9 cm³/mol. The van der Waals surface area contributed by atoms with Crippen LogP contribution in [0.2, 0.25) is 0 Å². The second-order valence-corrected chi connectivity index (χ2v) is 5.69. The van der Waals surface area contributed by atoms with E-state index in [1.165, 1.54) is 5.56 Å². The highest BCUT2D eigenvalue weighted by molar-refractivity contribution is 5.90. The Bertz CT molecular complexity index is 814. The second-order valence-electron chi connectivity index (χ2n) is 5.69. The molecule has 3 aromatic rings. The van der Waals surface area contributed by atoms with Crippen LogP contribution in [0.5, 0.6) is 0 Å². The van der Waals surface area contributed by atoms with Gasteiger partial charge < -0.3 is 10.2 Å². The van der Waals surface area contributed by atoms with Crippen LogP contribution in [0, 0.1) is 0 Å². The van der Waals surface area contributed by atoms with Crippen molar-refractivity contribution in [3.05, 3.63) is 72.7 Å². The summed E-state index contributed by atoms with van der Waals surface area (Å²) in [6.45, 7) is 0.768. The van der Waals surface area contributed by atoms with Gasteiger partial charge in [0, 0.05) is 18.9 Å². The van der Waals surface area contributed by atoms with Crippen molar-refractivity contribution in [2.24, 2.45) is 0 Å². The average Bonchev–Trinajstić information content (AvgIpc) is 3.10. The molecule has 2 aromatic heterocycles. The molecule has 0 saturated carbocycles. The van der Waals surface area contributed by atoms with Crippen LogP contribution in [-0.4, -0.2) is 32.2 Å². The van der Waals surface area contributed by atoms with Crippen molar-refractivity contribution >= 4 is 11.7 Å². The minimum atomic E-state index is -0.0938. The standard InChI is InChI=1S/C18H17N5O/c24-18(22-12-9-16(22)14-5-2-1-3-6-14)21-15-7-8-17(19-13-15)23-11-4-10-20-23/h1-8,10-11,13,16H,9,12H2,(H,21,24). The number of benzene rings is 1. The number of hydrogen-bond acceptors (Lipinski definition) is 3. The number of amides is 2. The molecule has 4 rings (SSSR count). The largest absolute Gasteiger partial charge is 0.322 e. The highest BCUT2D eigenvalue weighted by Crippen LogP contribution is 2.33. The van der Waals surface area contributed by atoms with Crippen molar-refractivity contribution in [2.75, 3.05) is 11.9 Å². The molecular weight excluding hydrogens is 302 g/mol. The van der Waals surface area contributed by atoms with E-state index in [1.54, 1.807) is 17.1 Å². The van der Waals surface area contributed by atoms with Crippen LogP contribution in [0.1, 0.15) is 18.0 Å². The van der Waals surface area contributed by atoms with E-state index in [-0.39, 0.29) is 12.1 Å². The molecule has 0 bridgehead atoms. The molecular formula is C18H17N5O. The summed E-state index contributed by atoms with van der Waals surface area (Å²) in [7, 11) is 0. The molecule has 6 heteroatoms. The van der Waals surface area contributed by atoms with Gasteiger partial charge in [-0.25, -0.2) is 14.5 Å². The Hall–Kier alpha value is -3.15. The molecule has 120 valence electrons. The summed E-state index contributed by atoms with van der Waals surface area (Å²) >= 11 is 0. The van der Waals surface area contributed by atoms with Gasteiger partial charge in [-0.3, -0.25) is 0 Å². The van der Waals surface area contributed by atoms with Crippen molar-refractivity contribution in [1.82, 2.24) is 19.7 Å². The molecule has 1 N–H and O–H groups in total. The third-order valence-corrected chi connectivity index (χ3v) is 4.20. The molecule has 1 unspecified atom stereocenters. The van der Waals surface area contributed by atoms with Gasteiger partial charge in [0.05, 0.1) is 17.9 Å². The summed E-state index contributed by atoms with van der Waals surface area (Å²) in [5.74, 6) is 0.712. The quantitative estimate of drug-likeness (QED) is 0.806. The number of nitrogens with zero attached hydrogens (tertiary/aromatic N) is 4. The van der Waals surface area contributed by atoms with Crippen molar-refractivity contribution < 1.29 is 4.79 Å². The second kappa shape index (κ2) is 6.16. The summed E-state index contributed by atoms with van der Waals surface area (Å²) in [6.07, 6.45) is 6.16. The van der Waals surface area contributed by atoms with E-state index in [0.717, 1.165) is 13.0 Å². The third kappa shape index (κ3) is 2.74. The highest BCUT2D eigenvalue weighted by Gasteiger charge is 2.33. The minimum Gasteiger partial charge on any atom is -0.317 e. The maximum Gasteiger partial charge on any atom is 0.322 e. The number of anilines is 1. The van der Waals surface area contributed by atoms with Gasteiger partial charge in [-0.15, -0.1) is 0 Å². The van der Waals surface area contributed by atoms with Crippen LogP contribution in [0.25, 0.3) is 5.82 Å². The predicted octanol–water partition coefficient (Wildman–Crippen LogP) is 3.25. The summed E-state index contributed by atoms with van der Waals surface area (Å²) < 4.78 is 1.67. The number of likely N-dealkylation sites (tertiary alicyclic amines) is 1. The van der Waals surface area contributed by atoms with E-state index >= 15 is 0 Å². The average molecular weight is 319 g/mol. The van der Waals surface area contributed by atoms with Gasteiger partial charge in [-0.2, -0.15) is 5.10 Å². The first-order chi connectivity index (χ1) is 11.8. The molecule has 2 amide bonds. The van der Waals surface area contributed by atoms with Gasteiger partial charge in [-0.1, -0.05) is 30.3 Å². The van der Waals surface area contributed by atoms with Gasteiger partial charge in [0.1, 0.15) is 0 Å². The van der Waals surface area contributed by atoms with Gasteiger partial charge in [-0.05, 0) is 30.2 Å². The number of hydrogen-bond donors (Lipinski definition) is 1. The Balaban J connectivity index is 1.43. The molecule has 1 aliphatic heterocycles. The van der Waals surface area contributed by atoms with Crippen molar-refractivity contribution in [2.45, 2.75) is 12.5 Å². The molecule has 0 aliphatic carbocycles. The maximum atomic E-state index is 12.5. The lowest BCUT2D eigenvalue weighted by atomic mass is 9.95. The van der Waals surface area contributed by atoms with E-state index in [9.17, 15) is 4.79 Å². The number of aromatic nitrogens is 3. The first-order valence-corrected chi connectivity index (χ1v) is 7.90. The fraction of sp³-hybridized carbons (Fsp3) is 0.167. The van der Waals surface area contributed by atoms with Crippen LogP contribution in [0.3, 0.4) is 0 Å². The van der Waals surface area contributed by atoms with Crippen LogP contribution in [0.15, 0.2) is 67.1 Å². The van der Waals surface area contributed by atoms with E-state index in [0.29, 0.717) is 11.5 Å². The molecule has 1 saturated heterocycles. The number of pyridine rings is 1. The number of carbonyl (C=O) groups excluding carboxylic acids is 1. The molecule has 0 spiro atoms.